The van der Waals surface area contributed by atoms with Crippen LogP contribution in [-0.2, 0) is 31.3 Å². The van der Waals surface area contributed by atoms with Crippen molar-refractivity contribution < 1.29 is 21.6 Å². The summed E-state index contributed by atoms with van der Waals surface area (Å²) in [5, 5.41) is 3.36. The molecule has 3 aromatic rings. The van der Waals surface area contributed by atoms with Gasteiger partial charge < -0.3 is 5.32 Å². The number of carbonyl (C=O) groups is 1. The van der Waals surface area contributed by atoms with Gasteiger partial charge in [-0.05, 0) is 73.7 Å². The first-order chi connectivity index (χ1) is 18.5. The lowest BCUT2D eigenvalue weighted by atomic mass is 9.99. The Hall–Kier alpha value is -2.63. The molecular formula is C27H29Cl2N3O5S2. The zero-order valence-electron chi connectivity index (χ0n) is 21.0. The number of rotatable bonds is 10. The Bertz CT molecular complexity index is 1500. The van der Waals surface area contributed by atoms with Crippen LogP contribution in [0.2, 0.25) is 10.0 Å². The van der Waals surface area contributed by atoms with E-state index in [1.807, 2.05) is 30.3 Å². The molecule has 0 saturated carbocycles. The van der Waals surface area contributed by atoms with Crippen molar-refractivity contribution in [3.05, 3.63) is 88.4 Å². The number of aryl methyl sites for hydroxylation is 1. The van der Waals surface area contributed by atoms with Crippen molar-refractivity contribution >= 4 is 60.5 Å². The molecule has 0 radical (unpaired) electrons. The first-order valence-electron chi connectivity index (χ1n) is 12.4. The normalized spacial score (nSPS) is 16.5. The number of anilines is 2. The van der Waals surface area contributed by atoms with Gasteiger partial charge in [0, 0.05) is 28.8 Å². The minimum Gasteiger partial charge on any atom is -0.326 e. The molecule has 2 N–H and O–H groups in total. The fourth-order valence-corrected chi connectivity index (χ4v) is 7.58. The minimum absolute atomic E-state index is 0.0120. The van der Waals surface area contributed by atoms with Crippen molar-refractivity contribution in [1.29, 1.82) is 0 Å². The molecule has 0 bridgehead atoms. The minimum atomic E-state index is -3.92. The van der Waals surface area contributed by atoms with Crippen LogP contribution in [0.5, 0.6) is 0 Å². The topological polar surface area (TPSA) is 113 Å². The van der Waals surface area contributed by atoms with Crippen molar-refractivity contribution in [2.75, 3.05) is 28.9 Å². The van der Waals surface area contributed by atoms with E-state index in [2.05, 4.69) is 10.0 Å². The molecule has 4 rings (SSSR count). The van der Waals surface area contributed by atoms with Gasteiger partial charge in [0.15, 0.2) is 0 Å². The monoisotopic (exact) mass is 609 g/mol. The summed E-state index contributed by atoms with van der Waals surface area (Å²) in [6.07, 6.45) is 2.34. The number of sulfonamides is 2. The molecule has 1 saturated heterocycles. The average Bonchev–Trinajstić information content (AvgIpc) is 2.89. The number of hydrogen-bond donors (Lipinski definition) is 2. The summed E-state index contributed by atoms with van der Waals surface area (Å²) in [6.45, 7) is 0.521. The van der Waals surface area contributed by atoms with Gasteiger partial charge in [0.1, 0.15) is 0 Å². The number of carbonyl (C=O) groups excluding carboxylic acids is 1. The number of amides is 1. The number of hydrogen-bond acceptors (Lipinski definition) is 5. The molecule has 1 heterocycles. The van der Waals surface area contributed by atoms with Gasteiger partial charge in [-0.3, -0.25) is 9.52 Å². The highest BCUT2D eigenvalue weighted by Crippen LogP contribution is 2.26. The molecule has 1 atom stereocenters. The van der Waals surface area contributed by atoms with E-state index in [1.54, 1.807) is 0 Å². The van der Waals surface area contributed by atoms with Crippen molar-refractivity contribution in [1.82, 2.24) is 4.31 Å². The summed E-state index contributed by atoms with van der Waals surface area (Å²) in [6, 6.07) is 19.8. The number of piperidine rings is 1. The Morgan fingerprint density at radius 1 is 0.897 bits per heavy atom. The van der Waals surface area contributed by atoms with Crippen LogP contribution in [0.15, 0.2) is 77.7 Å². The van der Waals surface area contributed by atoms with Gasteiger partial charge in [-0.15, -0.1) is 0 Å². The van der Waals surface area contributed by atoms with Crippen LogP contribution in [-0.4, -0.2) is 45.9 Å². The summed E-state index contributed by atoms with van der Waals surface area (Å²) in [5.41, 5.74) is 1.72. The van der Waals surface area contributed by atoms with Crippen LogP contribution in [0.25, 0.3) is 0 Å². The maximum atomic E-state index is 12.9. The van der Waals surface area contributed by atoms with Gasteiger partial charge in [0.25, 0.3) is 10.0 Å². The molecule has 0 aliphatic carbocycles. The lowest BCUT2D eigenvalue weighted by Crippen LogP contribution is -2.44. The first-order valence-corrected chi connectivity index (χ1v) is 16.3. The smallest absolute Gasteiger partial charge is 0.261 e. The van der Waals surface area contributed by atoms with Crippen LogP contribution in [0.3, 0.4) is 0 Å². The molecule has 0 aromatic heterocycles. The Morgan fingerprint density at radius 3 is 2.23 bits per heavy atom. The van der Waals surface area contributed by atoms with Crippen molar-refractivity contribution in [2.45, 2.75) is 30.6 Å². The zero-order chi connectivity index (χ0) is 28.0. The Balaban J connectivity index is 1.33. The van der Waals surface area contributed by atoms with E-state index in [9.17, 15) is 21.6 Å². The molecule has 1 amide bonds. The van der Waals surface area contributed by atoms with Crippen molar-refractivity contribution in [3.63, 3.8) is 0 Å². The van der Waals surface area contributed by atoms with Gasteiger partial charge in [-0.2, -0.15) is 0 Å². The van der Waals surface area contributed by atoms with E-state index in [0.29, 0.717) is 48.0 Å². The number of nitrogens with one attached hydrogen (secondary N) is 2. The molecule has 1 fully saturated rings. The largest absolute Gasteiger partial charge is 0.326 e. The van der Waals surface area contributed by atoms with Crippen LogP contribution >= 0.6 is 23.2 Å². The third-order valence-corrected chi connectivity index (χ3v) is 10.2. The van der Waals surface area contributed by atoms with Crippen molar-refractivity contribution in [2.24, 2.45) is 5.92 Å². The van der Waals surface area contributed by atoms with Gasteiger partial charge in [-0.1, -0.05) is 53.5 Å². The summed E-state index contributed by atoms with van der Waals surface area (Å²) in [5.74, 6) is -0.775. The Labute approximate surface area is 239 Å². The van der Waals surface area contributed by atoms with E-state index < -0.39 is 26.0 Å². The highest BCUT2D eigenvalue weighted by Gasteiger charge is 2.32. The highest BCUT2D eigenvalue weighted by atomic mass is 35.5. The Kier molecular flexibility index (Phi) is 9.56. The molecule has 208 valence electrons. The summed E-state index contributed by atoms with van der Waals surface area (Å²) in [7, 11) is -7.40. The molecule has 0 spiro atoms. The van der Waals surface area contributed by atoms with E-state index in [-0.39, 0.29) is 28.8 Å². The van der Waals surface area contributed by atoms with Gasteiger partial charge >= 0.3 is 0 Å². The van der Waals surface area contributed by atoms with Crippen LogP contribution < -0.4 is 10.0 Å². The molecule has 12 heteroatoms. The van der Waals surface area contributed by atoms with E-state index in [1.165, 1.54) is 46.8 Å². The van der Waals surface area contributed by atoms with Crippen molar-refractivity contribution in [3.8, 4) is 0 Å². The molecule has 3 aromatic carbocycles. The van der Waals surface area contributed by atoms with Crippen LogP contribution in [0.4, 0.5) is 11.4 Å². The number of nitrogens with zero attached hydrogens (tertiary/aromatic N) is 1. The van der Waals surface area contributed by atoms with Gasteiger partial charge in [0.05, 0.1) is 22.3 Å². The average molecular weight is 611 g/mol. The second kappa shape index (κ2) is 12.7. The third kappa shape index (κ3) is 8.18. The number of benzene rings is 3. The maximum absolute atomic E-state index is 12.9. The first kappa shape index (κ1) is 29.4. The standard InChI is InChI=1S/C27H29Cl2N3O5S2/c28-22-16-23(29)18-25(17-22)31-39(36,37)26-12-10-24(11-13-26)30-27(33)21-9-4-14-32(19-21)38(34,35)15-5-8-20-6-2-1-3-7-20/h1-3,6-7,10-13,16-18,21,31H,4-5,8-9,14-15,19H2,(H,30,33)/t21-/m1/s1. The van der Waals surface area contributed by atoms with Gasteiger partial charge in [-0.25, -0.2) is 21.1 Å². The molecule has 1 aliphatic heterocycles. The van der Waals surface area contributed by atoms with Crippen LogP contribution in [0.1, 0.15) is 24.8 Å². The Morgan fingerprint density at radius 2 is 1.56 bits per heavy atom. The predicted octanol–water partition coefficient (Wildman–Crippen LogP) is 5.41. The summed E-state index contributed by atoms with van der Waals surface area (Å²) >= 11 is 11.9. The molecule has 1 aliphatic rings. The number of halogens is 2. The second-order valence-electron chi connectivity index (χ2n) is 9.38. The fourth-order valence-electron chi connectivity index (χ4n) is 4.43. The fraction of sp³-hybridized carbons (Fsp3) is 0.296. The van der Waals surface area contributed by atoms with E-state index in [4.69, 9.17) is 23.2 Å². The molecule has 39 heavy (non-hydrogen) atoms. The van der Waals surface area contributed by atoms with Gasteiger partial charge in [0.2, 0.25) is 15.9 Å². The lowest BCUT2D eigenvalue weighted by Gasteiger charge is -2.31. The quantitative estimate of drug-likeness (QED) is 0.319. The second-order valence-corrected chi connectivity index (χ2v) is 14.0. The third-order valence-electron chi connectivity index (χ3n) is 6.41. The molecular weight excluding hydrogens is 581 g/mol. The predicted molar refractivity (Wildman–Crippen MR) is 155 cm³/mol. The molecule has 8 nitrogen and oxygen atoms in total. The SMILES string of the molecule is O=C(Nc1ccc(S(=O)(=O)Nc2cc(Cl)cc(Cl)c2)cc1)[C@@H]1CCCN(S(=O)(=O)CCCc2ccccc2)C1. The van der Waals surface area contributed by atoms with E-state index >= 15 is 0 Å². The van der Waals surface area contributed by atoms with E-state index in [0.717, 1.165) is 5.56 Å². The summed E-state index contributed by atoms with van der Waals surface area (Å²) in [4.78, 5) is 12.9. The van der Waals surface area contributed by atoms with Crippen LogP contribution in [0, 0.1) is 5.92 Å². The maximum Gasteiger partial charge on any atom is 0.261 e. The summed E-state index contributed by atoms with van der Waals surface area (Å²) < 4.78 is 55.2. The molecule has 0 unspecified atom stereocenters. The highest BCUT2D eigenvalue weighted by molar-refractivity contribution is 7.92. The zero-order valence-corrected chi connectivity index (χ0v) is 24.2. The lowest BCUT2D eigenvalue weighted by molar-refractivity contribution is -0.120.